The molecule has 9 heavy (non-hydrogen) atoms. The molecule has 3 heteroatoms. The van der Waals surface area contributed by atoms with E-state index in [0.717, 1.165) is 0 Å². The number of rotatable bonds is 3. The second kappa shape index (κ2) is 5.80. The van der Waals surface area contributed by atoms with Crippen molar-refractivity contribution < 1.29 is 4.21 Å². The molecule has 0 fully saturated rings. The third-order valence-corrected chi connectivity index (χ3v) is 1.91. The molecule has 0 heterocycles. The highest BCUT2D eigenvalue weighted by Gasteiger charge is 1.91. The van der Waals surface area contributed by atoms with Crippen LogP contribution in [0.1, 0.15) is 6.92 Å². The molecule has 0 radical (unpaired) electrons. The molecular weight excluding hydrogens is 134 g/mol. The maximum absolute atomic E-state index is 10.7. The molecule has 2 nitrogen and oxygen atoms in total. The zero-order chi connectivity index (χ0) is 7.11. The summed E-state index contributed by atoms with van der Waals surface area (Å²) in [5.41, 5.74) is 5.16. The van der Waals surface area contributed by atoms with E-state index in [2.05, 4.69) is 11.8 Å². The molecule has 0 aromatic rings. The molecule has 0 saturated carbocycles. The maximum Gasteiger partial charge on any atom is 0.0847 e. The fourth-order valence-electron chi connectivity index (χ4n) is 0.356. The second-order valence-corrected chi connectivity index (χ2v) is 3.08. The normalized spacial score (nSPS) is 11.8. The van der Waals surface area contributed by atoms with Gasteiger partial charge in [-0.1, -0.05) is 5.92 Å². The highest BCUT2D eigenvalue weighted by Crippen LogP contribution is 1.76. The lowest BCUT2D eigenvalue weighted by Gasteiger charge is -1.90. The smallest absolute Gasteiger partial charge is 0.0847 e. The minimum absolute atomic E-state index is 0.466. The van der Waals surface area contributed by atoms with Crippen molar-refractivity contribution in [3.8, 4) is 11.8 Å². The van der Waals surface area contributed by atoms with Crippen molar-refractivity contribution in [2.75, 3.05) is 18.1 Å². The van der Waals surface area contributed by atoms with Gasteiger partial charge in [-0.25, -0.2) is 0 Å². The first kappa shape index (κ1) is 8.67. The summed E-state index contributed by atoms with van der Waals surface area (Å²) >= 11 is 0. The van der Waals surface area contributed by atoms with Crippen molar-refractivity contribution in [1.82, 2.24) is 0 Å². The summed E-state index contributed by atoms with van der Waals surface area (Å²) in [4.78, 5) is 0. The van der Waals surface area contributed by atoms with Crippen molar-refractivity contribution >= 4 is 10.8 Å². The van der Waals surface area contributed by atoms with Crippen LogP contribution < -0.4 is 5.73 Å². The Hall–Kier alpha value is -0.330. The van der Waals surface area contributed by atoms with Gasteiger partial charge in [0.25, 0.3) is 0 Å². The molecule has 0 amide bonds. The van der Waals surface area contributed by atoms with Gasteiger partial charge in [-0.3, -0.25) is 4.21 Å². The Morgan fingerprint density at radius 1 is 1.67 bits per heavy atom. The highest BCUT2D eigenvalue weighted by molar-refractivity contribution is 7.85. The predicted molar refractivity (Wildman–Crippen MR) is 40.4 cm³/mol. The van der Waals surface area contributed by atoms with Gasteiger partial charge in [-0.05, 0) is 6.92 Å². The summed E-state index contributed by atoms with van der Waals surface area (Å²) in [6, 6.07) is 0. The van der Waals surface area contributed by atoms with Gasteiger partial charge in [0.15, 0.2) is 0 Å². The van der Waals surface area contributed by atoms with E-state index < -0.39 is 10.8 Å². The zero-order valence-corrected chi connectivity index (χ0v) is 6.33. The van der Waals surface area contributed by atoms with Gasteiger partial charge in [0.05, 0.1) is 5.75 Å². The van der Waals surface area contributed by atoms with E-state index in [1.807, 2.05) is 0 Å². The third-order valence-electron chi connectivity index (χ3n) is 0.755. The molecule has 0 aliphatic carbocycles. The zero-order valence-electron chi connectivity index (χ0n) is 5.52. The summed E-state index contributed by atoms with van der Waals surface area (Å²) in [7, 11) is -0.819. The van der Waals surface area contributed by atoms with Gasteiger partial charge in [0.1, 0.15) is 0 Å². The Balaban J connectivity index is 3.35. The lowest BCUT2D eigenvalue weighted by Crippen LogP contribution is -2.11. The van der Waals surface area contributed by atoms with Crippen LogP contribution in [-0.4, -0.2) is 22.3 Å². The van der Waals surface area contributed by atoms with E-state index in [9.17, 15) is 4.21 Å². The Kier molecular flexibility index (Phi) is 5.59. The highest BCUT2D eigenvalue weighted by atomic mass is 32.2. The molecule has 0 aromatic carbocycles. The average Bonchev–Trinajstić information content (AvgIpc) is 1.85. The van der Waals surface area contributed by atoms with Crippen LogP contribution in [0.4, 0.5) is 0 Å². The Morgan fingerprint density at radius 3 is 2.78 bits per heavy atom. The second-order valence-electron chi connectivity index (χ2n) is 1.50. The molecule has 0 bridgehead atoms. The van der Waals surface area contributed by atoms with Crippen molar-refractivity contribution in [2.45, 2.75) is 6.92 Å². The summed E-state index contributed by atoms with van der Waals surface area (Å²) in [5, 5.41) is 0. The van der Waals surface area contributed by atoms with E-state index in [4.69, 9.17) is 5.73 Å². The largest absolute Gasteiger partial charge is 0.330 e. The predicted octanol–water partition coefficient (Wildman–Crippen LogP) is -0.283. The van der Waals surface area contributed by atoms with Gasteiger partial charge in [-0.15, -0.1) is 5.92 Å². The quantitative estimate of drug-likeness (QED) is 0.555. The molecule has 52 valence electrons. The standard InChI is InChI=1S/C6H11NOS/c1-2-3-5-9(8)6-4-7/h4-7H2,1H3. The topological polar surface area (TPSA) is 43.1 Å². The molecule has 1 unspecified atom stereocenters. The molecule has 0 aromatic heterocycles. The first-order chi connectivity index (χ1) is 4.31. The fourth-order valence-corrected chi connectivity index (χ4v) is 1.07. The lowest BCUT2D eigenvalue weighted by atomic mass is 10.7. The van der Waals surface area contributed by atoms with E-state index in [-0.39, 0.29) is 0 Å². The van der Waals surface area contributed by atoms with Crippen LogP contribution in [0.3, 0.4) is 0 Å². The maximum atomic E-state index is 10.7. The van der Waals surface area contributed by atoms with E-state index in [1.165, 1.54) is 0 Å². The minimum Gasteiger partial charge on any atom is -0.330 e. The summed E-state index contributed by atoms with van der Waals surface area (Å²) in [5.74, 6) is 6.43. The van der Waals surface area contributed by atoms with E-state index in [1.54, 1.807) is 6.92 Å². The van der Waals surface area contributed by atoms with Crippen molar-refractivity contribution in [2.24, 2.45) is 5.73 Å². The van der Waals surface area contributed by atoms with Crippen molar-refractivity contribution in [1.29, 1.82) is 0 Å². The van der Waals surface area contributed by atoms with Gasteiger partial charge < -0.3 is 5.73 Å². The molecule has 0 aliphatic rings. The van der Waals surface area contributed by atoms with Crippen LogP contribution in [0.5, 0.6) is 0 Å². The number of hydrogen-bond acceptors (Lipinski definition) is 2. The molecular formula is C6H11NOS. The Labute approximate surface area is 58.3 Å². The molecule has 0 aliphatic heterocycles. The lowest BCUT2D eigenvalue weighted by molar-refractivity contribution is 0.685. The van der Waals surface area contributed by atoms with Gasteiger partial charge >= 0.3 is 0 Å². The van der Waals surface area contributed by atoms with Crippen LogP contribution in [-0.2, 0) is 10.8 Å². The molecule has 2 N–H and O–H groups in total. The van der Waals surface area contributed by atoms with Gasteiger partial charge in [0.2, 0.25) is 0 Å². The SMILES string of the molecule is CC#CCS(=O)CCN. The number of hydrogen-bond donors (Lipinski definition) is 1. The summed E-state index contributed by atoms with van der Waals surface area (Å²) < 4.78 is 10.7. The fraction of sp³-hybridized carbons (Fsp3) is 0.667. The van der Waals surface area contributed by atoms with Crippen LogP contribution in [0.15, 0.2) is 0 Å². The first-order valence-electron chi connectivity index (χ1n) is 2.76. The van der Waals surface area contributed by atoms with Crippen LogP contribution in [0.25, 0.3) is 0 Å². The Morgan fingerprint density at radius 2 is 2.33 bits per heavy atom. The summed E-state index contributed by atoms with van der Waals surface area (Å²) in [6.45, 7) is 2.22. The molecule has 0 saturated heterocycles. The van der Waals surface area contributed by atoms with Gasteiger partial charge in [0, 0.05) is 23.1 Å². The monoisotopic (exact) mass is 145 g/mol. The molecule has 1 atom stereocenters. The van der Waals surface area contributed by atoms with Gasteiger partial charge in [-0.2, -0.15) is 0 Å². The number of nitrogens with two attached hydrogens (primary N) is 1. The third kappa shape index (κ3) is 5.54. The summed E-state index contributed by atoms with van der Waals surface area (Å²) in [6.07, 6.45) is 0. The van der Waals surface area contributed by atoms with Crippen LogP contribution in [0.2, 0.25) is 0 Å². The van der Waals surface area contributed by atoms with E-state index >= 15 is 0 Å². The molecule has 0 rings (SSSR count). The first-order valence-corrected chi connectivity index (χ1v) is 4.24. The van der Waals surface area contributed by atoms with Crippen molar-refractivity contribution in [3.63, 3.8) is 0 Å². The molecule has 0 spiro atoms. The minimum atomic E-state index is -0.819. The average molecular weight is 145 g/mol. The van der Waals surface area contributed by atoms with Crippen LogP contribution in [0, 0.1) is 11.8 Å². The van der Waals surface area contributed by atoms with Crippen LogP contribution >= 0.6 is 0 Å². The Bertz CT molecular complexity index is 145. The van der Waals surface area contributed by atoms with Crippen molar-refractivity contribution in [3.05, 3.63) is 0 Å². The van der Waals surface area contributed by atoms with E-state index in [0.29, 0.717) is 18.1 Å².